The van der Waals surface area contributed by atoms with Crippen LogP contribution in [0.25, 0.3) is 22.5 Å². The lowest BCUT2D eigenvalue weighted by Gasteiger charge is -2.07. The van der Waals surface area contributed by atoms with Crippen molar-refractivity contribution in [3.05, 3.63) is 65.4 Å². The van der Waals surface area contributed by atoms with Gasteiger partial charge in [0.15, 0.2) is 0 Å². The lowest BCUT2D eigenvalue weighted by molar-refractivity contribution is 0.628. The molecular formula is C16H11ClFN3. The van der Waals surface area contributed by atoms with Crippen LogP contribution < -0.4 is 5.73 Å². The molecule has 3 nitrogen and oxygen atoms in total. The van der Waals surface area contributed by atoms with Crippen molar-refractivity contribution < 1.29 is 4.39 Å². The molecule has 0 amide bonds. The van der Waals surface area contributed by atoms with Gasteiger partial charge in [-0.2, -0.15) is 0 Å². The van der Waals surface area contributed by atoms with Gasteiger partial charge in [0.1, 0.15) is 5.82 Å². The number of nitrogens with zero attached hydrogens (tertiary/aromatic N) is 2. The van der Waals surface area contributed by atoms with Gasteiger partial charge in [0.05, 0.1) is 11.4 Å². The van der Waals surface area contributed by atoms with Gasteiger partial charge in [0, 0.05) is 16.1 Å². The van der Waals surface area contributed by atoms with E-state index in [9.17, 15) is 4.39 Å². The zero-order valence-corrected chi connectivity index (χ0v) is 11.7. The Morgan fingerprint density at radius 2 is 1.48 bits per heavy atom. The fourth-order valence-corrected chi connectivity index (χ4v) is 2.25. The van der Waals surface area contributed by atoms with E-state index in [2.05, 4.69) is 9.97 Å². The van der Waals surface area contributed by atoms with Crippen LogP contribution in [0.2, 0.25) is 5.02 Å². The van der Waals surface area contributed by atoms with Gasteiger partial charge in [-0.05, 0) is 30.3 Å². The molecule has 1 aromatic heterocycles. The predicted octanol–water partition coefficient (Wildman–Crippen LogP) is 4.19. The van der Waals surface area contributed by atoms with Crippen LogP contribution in [0.3, 0.4) is 0 Å². The molecule has 3 aromatic rings. The molecule has 5 heteroatoms. The van der Waals surface area contributed by atoms with E-state index in [1.807, 2.05) is 12.1 Å². The number of halogens is 2. The summed E-state index contributed by atoms with van der Waals surface area (Å²) in [5, 5.41) is 0.608. The van der Waals surface area contributed by atoms with Crippen LogP contribution in [-0.2, 0) is 0 Å². The Balaban J connectivity index is 2.12. The molecule has 0 bridgehead atoms. The summed E-state index contributed by atoms with van der Waals surface area (Å²) < 4.78 is 13.3. The van der Waals surface area contributed by atoms with Gasteiger partial charge in [0.25, 0.3) is 0 Å². The topological polar surface area (TPSA) is 51.8 Å². The Hall–Kier alpha value is -2.46. The second-order valence-electron chi connectivity index (χ2n) is 4.52. The van der Waals surface area contributed by atoms with E-state index in [1.165, 1.54) is 12.1 Å². The summed E-state index contributed by atoms with van der Waals surface area (Å²) in [6, 6.07) is 15.2. The number of rotatable bonds is 2. The van der Waals surface area contributed by atoms with Crippen LogP contribution in [-0.4, -0.2) is 9.97 Å². The molecule has 0 atom stereocenters. The van der Waals surface area contributed by atoms with Crippen molar-refractivity contribution in [3.63, 3.8) is 0 Å². The standard InChI is InChI=1S/C16H11ClFN3/c17-12-5-1-3-10(7-12)14-9-15(21-16(19)20-14)11-4-2-6-13(18)8-11/h1-9H,(H2,19,20,21). The van der Waals surface area contributed by atoms with Gasteiger partial charge < -0.3 is 5.73 Å². The smallest absolute Gasteiger partial charge is 0.221 e. The van der Waals surface area contributed by atoms with Crippen LogP contribution >= 0.6 is 11.6 Å². The molecule has 0 fully saturated rings. The molecule has 0 radical (unpaired) electrons. The van der Waals surface area contributed by atoms with Gasteiger partial charge in [0.2, 0.25) is 5.95 Å². The van der Waals surface area contributed by atoms with E-state index in [0.717, 1.165) is 5.56 Å². The summed E-state index contributed by atoms with van der Waals surface area (Å²) in [6.45, 7) is 0. The maximum atomic E-state index is 13.3. The molecule has 0 aliphatic rings. The molecule has 3 rings (SSSR count). The Labute approximate surface area is 126 Å². The Kier molecular flexibility index (Phi) is 3.54. The molecule has 0 spiro atoms. The largest absolute Gasteiger partial charge is 0.368 e. The van der Waals surface area contributed by atoms with Crippen molar-refractivity contribution in [3.8, 4) is 22.5 Å². The van der Waals surface area contributed by atoms with Gasteiger partial charge in [-0.1, -0.05) is 35.9 Å². The van der Waals surface area contributed by atoms with Crippen molar-refractivity contribution in [2.45, 2.75) is 0 Å². The van der Waals surface area contributed by atoms with E-state index >= 15 is 0 Å². The summed E-state index contributed by atoms with van der Waals surface area (Å²) in [6.07, 6.45) is 0. The second-order valence-corrected chi connectivity index (χ2v) is 4.95. The third-order valence-electron chi connectivity index (χ3n) is 2.98. The third kappa shape index (κ3) is 3.01. The summed E-state index contributed by atoms with van der Waals surface area (Å²) in [5.74, 6) is -0.194. The van der Waals surface area contributed by atoms with Gasteiger partial charge >= 0.3 is 0 Å². The summed E-state index contributed by atoms with van der Waals surface area (Å²) in [7, 11) is 0. The maximum absolute atomic E-state index is 13.3. The number of anilines is 1. The van der Waals surface area contributed by atoms with E-state index in [1.54, 1.807) is 30.3 Å². The molecule has 0 saturated carbocycles. The van der Waals surface area contributed by atoms with Gasteiger partial charge in [-0.25, -0.2) is 14.4 Å². The molecule has 0 unspecified atom stereocenters. The molecule has 21 heavy (non-hydrogen) atoms. The zero-order chi connectivity index (χ0) is 14.8. The Morgan fingerprint density at radius 3 is 2.10 bits per heavy atom. The zero-order valence-electron chi connectivity index (χ0n) is 10.9. The van der Waals surface area contributed by atoms with Crippen LogP contribution in [0.1, 0.15) is 0 Å². The lowest BCUT2D eigenvalue weighted by atomic mass is 10.1. The van der Waals surface area contributed by atoms with Crippen LogP contribution in [0.15, 0.2) is 54.6 Å². The summed E-state index contributed by atoms with van der Waals surface area (Å²) in [4.78, 5) is 8.37. The highest BCUT2D eigenvalue weighted by Crippen LogP contribution is 2.26. The number of aromatic nitrogens is 2. The molecule has 1 heterocycles. The highest BCUT2D eigenvalue weighted by Gasteiger charge is 2.08. The van der Waals surface area contributed by atoms with E-state index in [-0.39, 0.29) is 11.8 Å². The van der Waals surface area contributed by atoms with Crippen molar-refractivity contribution in [1.29, 1.82) is 0 Å². The van der Waals surface area contributed by atoms with E-state index in [0.29, 0.717) is 22.0 Å². The average Bonchev–Trinajstić information content (AvgIpc) is 2.46. The fraction of sp³-hybridized carbons (Fsp3) is 0. The van der Waals surface area contributed by atoms with Crippen molar-refractivity contribution in [2.75, 3.05) is 5.73 Å². The minimum absolute atomic E-state index is 0.131. The normalized spacial score (nSPS) is 10.6. The highest BCUT2D eigenvalue weighted by molar-refractivity contribution is 6.30. The van der Waals surface area contributed by atoms with Crippen LogP contribution in [0, 0.1) is 5.82 Å². The first-order valence-corrected chi connectivity index (χ1v) is 6.66. The van der Waals surface area contributed by atoms with Gasteiger partial charge in [-0.15, -0.1) is 0 Å². The average molecular weight is 300 g/mol. The van der Waals surface area contributed by atoms with Crippen molar-refractivity contribution in [2.24, 2.45) is 0 Å². The first-order valence-electron chi connectivity index (χ1n) is 6.28. The van der Waals surface area contributed by atoms with E-state index < -0.39 is 0 Å². The Morgan fingerprint density at radius 1 is 0.857 bits per heavy atom. The van der Waals surface area contributed by atoms with Crippen molar-refractivity contribution >= 4 is 17.5 Å². The van der Waals surface area contributed by atoms with E-state index in [4.69, 9.17) is 17.3 Å². The highest BCUT2D eigenvalue weighted by atomic mass is 35.5. The predicted molar refractivity (Wildman–Crippen MR) is 82.3 cm³/mol. The molecule has 0 saturated heterocycles. The number of nitrogen functional groups attached to an aromatic ring is 1. The molecule has 0 aliphatic carbocycles. The SMILES string of the molecule is Nc1nc(-c2cccc(F)c2)cc(-c2cccc(Cl)c2)n1. The minimum atomic E-state index is -0.325. The molecule has 2 aromatic carbocycles. The van der Waals surface area contributed by atoms with Crippen molar-refractivity contribution in [1.82, 2.24) is 9.97 Å². The monoisotopic (exact) mass is 299 g/mol. The molecule has 104 valence electrons. The Bertz CT molecular complexity index is 741. The van der Waals surface area contributed by atoms with Gasteiger partial charge in [-0.3, -0.25) is 0 Å². The first-order chi connectivity index (χ1) is 10.1. The number of nitrogens with two attached hydrogens (primary N) is 1. The number of hydrogen-bond acceptors (Lipinski definition) is 3. The minimum Gasteiger partial charge on any atom is -0.368 e. The molecule has 0 aliphatic heterocycles. The maximum Gasteiger partial charge on any atom is 0.221 e. The van der Waals surface area contributed by atoms with Crippen LogP contribution in [0.5, 0.6) is 0 Å². The van der Waals surface area contributed by atoms with Crippen LogP contribution in [0.4, 0.5) is 10.3 Å². The first kappa shape index (κ1) is 13.5. The number of benzene rings is 2. The third-order valence-corrected chi connectivity index (χ3v) is 3.22. The summed E-state index contributed by atoms with van der Waals surface area (Å²) in [5.41, 5.74) is 8.44. The molecular weight excluding hydrogens is 289 g/mol. The summed E-state index contributed by atoms with van der Waals surface area (Å²) >= 11 is 5.99. The quantitative estimate of drug-likeness (QED) is 0.772. The molecule has 2 N–H and O–H groups in total. The second kappa shape index (κ2) is 5.50. The fourth-order valence-electron chi connectivity index (χ4n) is 2.06. The lowest BCUT2D eigenvalue weighted by Crippen LogP contribution is -1.98. The number of hydrogen-bond donors (Lipinski definition) is 1.